The first-order valence-corrected chi connectivity index (χ1v) is 9.25. The molecule has 1 aromatic heterocycles. The van der Waals surface area contributed by atoms with Crippen LogP contribution in [0, 0.1) is 0 Å². The summed E-state index contributed by atoms with van der Waals surface area (Å²) in [6.45, 7) is 0. The van der Waals surface area contributed by atoms with Crippen molar-refractivity contribution < 1.29 is 19.1 Å². The van der Waals surface area contributed by atoms with Crippen LogP contribution in [0.15, 0.2) is 18.2 Å². The van der Waals surface area contributed by atoms with Gasteiger partial charge in [0.25, 0.3) is 5.91 Å². The van der Waals surface area contributed by atoms with Gasteiger partial charge in [0, 0.05) is 16.3 Å². The number of amides is 1. The fourth-order valence-corrected chi connectivity index (χ4v) is 4.84. The molecule has 0 spiro atoms. The van der Waals surface area contributed by atoms with Crippen molar-refractivity contribution >= 4 is 39.8 Å². The predicted octanol–water partition coefficient (Wildman–Crippen LogP) is 3.62. The highest BCUT2D eigenvalue weighted by molar-refractivity contribution is 7.17. The van der Waals surface area contributed by atoms with Crippen molar-refractivity contribution in [2.45, 2.75) is 31.8 Å². The summed E-state index contributed by atoms with van der Waals surface area (Å²) in [6, 6.07) is 5.31. The van der Waals surface area contributed by atoms with Gasteiger partial charge in [-0.3, -0.25) is 4.79 Å². The van der Waals surface area contributed by atoms with Crippen molar-refractivity contribution in [3.05, 3.63) is 44.8 Å². The molecule has 1 aromatic carbocycles. The second-order valence-corrected chi connectivity index (χ2v) is 7.65. The van der Waals surface area contributed by atoms with E-state index in [9.17, 15) is 9.59 Å². The number of halogens is 1. The van der Waals surface area contributed by atoms with E-state index in [-0.39, 0.29) is 5.91 Å². The van der Waals surface area contributed by atoms with E-state index in [1.54, 1.807) is 12.1 Å². The second-order valence-electron chi connectivity index (χ2n) is 6.10. The predicted molar refractivity (Wildman–Crippen MR) is 95.9 cm³/mol. The van der Waals surface area contributed by atoms with E-state index in [1.165, 1.54) is 18.4 Å². The Morgan fingerprint density at radius 3 is 3.00 bits per heavy atom. The number of fused-ring (bicyclic) bond motifs is 2. The molecule has 2 aliphatic rings. The van der Waals surface area contributed by atoms with Gasteiger partial charge in [-0.05, 0) is 48.6 Å². The zero-order valence-corrected chi connectivity index (χ0v) is 15.1. The summed E-state index contributed by atoms with van der Waals surface area (Å²) in [5, 5.41) is 4.04. The molecule has 0 unspecified atom stereocenters. The number of rotatable bonds is 3. The summed E-state index contributed by atoms with van der Waals surface area (Å²) in [5.74, 6) is 0.000854. The SMILES string of the molecule is COC(=O)c1c(NC(=O)[C@@H]2Cc3cc(Cl)ccc3O2)sc2c1CCC2. The average molecular weight is 378 g/mol. The molecule has 1 N–H and O–H groups in total. The molecule has 4 rings (SSSR count). The topological polar surface area (TPSA) is 64.6 Å². The summed E-state index contributed by atoms with van der Waals surface area (Å²) in [5.41, 5.74) is 2.41. The number of carbonyl (C=O) groups is 2. The molecule has 1 atom stereocenters. The molecule has 0 radical (unpaired) electrons. The molecule has 5 nitrogen and oxygen atoms in total. The van der Waals surface area contributed by atoms with Crippen molar-refractivity contribution in [1.82, 2.24) is 0 Å². The number of carbonyl (C=O) groups excluding carboxylic acids is 2. The number of benzene rings is 1. The van der Waals surface area contributed by atoms with Crippen LogP contribution in [0.2, 0.25) is 5.02 Å². The molecule has 0 fully saturated rings. The first kappa shape index (κ1) is 16.4. The maximum absolute atomic E-state index is 12.6. The van der Waals surface area contributed by atoms with Crippen molar-refractivity contribution in [3.8, 4) is 5.75 Å². The highest BCUT2D eigenvalue weighted by Crippen LogP contribution is 2.40. The first-order valence-electron chi connectivity index (χ1n) is 8.05. The smallest absolute Gasteiger partial charge is 0.341 e. The van der Waals surface area contributed by atoms with Gasteiger partial charge >= 0.3 is 5.97 Å². The molecule has 0 bridgehead atoms. The number of nitrogens with one attached hydrogen (secondary N) is 1. The van der Waals surface area contributed by atoms with E-state index < -0.39 is 12.1 Å². The molecule has 2 heterocycles. The van der Waals surface area contributed by atoms with Crippen LogP contribution in [0.3, 0.4) is 0 Å². The number of methoxy groups -OCH3 is 1. The van der Waals surface area contributed by atoms with Crippen LogP contribution in [0.4, 0.5) is 5.00 Å². The summed E-state index contributed by atoms with van der Waals surface area (Å²) >= 11 is 7.45. The monoisotopic (exact) mass is 377 g/mol. The molecule has 0 saturated heterocycles. The third-order valence-electron chi connectivity index (χ3n) is 4.54. The van der Waals surface area contributed by atoms with Gasteiger partial charge in [-0.2, -0.15) is 0 Å². The van der Waals surface area contributed by atoms with Crippen LogP contribution in [0.1, 0.15) is 32.8 Å². The fraction of sp³-hybridized carbons (Fsp3) is 0.333. The number of hydrogen-bond donors (Lipinski definition) is 1. The largest absolute Gasteiger partial charge is 0.480 e. The quantitative estimate of drug-likeness (QED) is 0.830. The molecule has 1 aliphatic heterocycles. The Bertz CT molecular complexity index is 876. The van der Waals surface area contributed by atoms with Gasteiger partial charge in [-0.25, -0.2) is 4.79 Å². The van der Waals surface area contributed by atoms with E-state index in [4.69, 9.17) is 21.1 Å². The van der Waals surface area contributed by atoms with Crippen molar-refractivity contribution in [2.75, 3.05) is 12.4 Å². The average Bonchev–Trinajstić information content (AvgIpc) is 3.27. The Labute approximate surface area is 153 Å². The molecule has 0 saturated carbocycles. The highest BCUT2D eigenvalue weighted by atomic mass is 35.5. The molecule has 25 heavy (non-hydrogen) atoms. The lowest BCUT2D eigenvalue weighted by Gasteiger charge is -2.11. The summed E-state index contributed by atoms with van der Waals surface area (Å²) in [6.07, 6.45) is 2.64. The molecule has 1 aliphatic carbocycles. The number of aryl methyl sites for hydroxylation is 1. The van der Waals surface area contributed by atoms with E-state index in [2.05, 4.69) is 5.32 Å². The minimum absolute atomic E-state index is 0.266. The maximum atomic E-state index is 12.6. The lowest BCUT2D eigenvalue weighted by Crippen LogP contribution is -2.31. The summed E-state index contributed by atoms with van der Waals surface area (Å²) < 4.78 is 10.6. The Morgan fingerprint density at radius 1 is 1.36 bits per heavy atom. The van der Waals surface area contributed by atoms with Crippen molar-refractivity contribution in [1.29, 1.82) is 0 Å². The molecule has 2 aromatic rings. The first-order chi connectivity index (χ1) is 12.1. The zero-order valence-electron chi connectivity index (χ0n) is 13.6. The van der Waals surface area contributed by atoms with Crippen LogP contribution >= 0.6 is 22.9 Å². The number of anilines is 1. The van der Waals surface area contributed by atoms with Crippen LogP contribution in [0.5, 0.6) is 5.75 Å². The maximum Gasteiger partial charge on any atom is 0.341 e. The molecular weight excluding hydrogens is 362 g/mol. The minimum Gasteiger partial charge on any atom is -0.480 e. The van der Waals surface area contributed by atoms with Gasteiger partial charge in [0.15, 0.2) is 6.10 Å². The van der Waals surface area contributed by atoms with Gasteiger partial charge in [0.2, 0.25) is 0 Å². The summed E-state index contributed by atoms with van der Waals surface area (Å²) in [7, 11) is 1.35. The number of hydrogen-bond acceptors (Lipinski definition) is 5. The van der Waals surface area contributed by atoms with Crippen LogP contribution in [-0.4, -0.2) is 25.1 Å². The number of thiophene rings is 1. The van der Waals surface area contributed by atoms with Gasteiger partial charge in [0.1, 0.15) is 10.8 Å². The van der Waals surface area contributed by atoms with E-state index in [0.717, 1.165) is 35.3 Å². The van der Waals surface area contributed by atoms with Gasteiger partial charge in [-0.15, -0.1) is 11.3 Å². The van der Waals surface area contributed by atoms with E-state index in [1.807, 2.05) is 6.07 Å². The fourth-order valence-electron chi connectivity index (χ4n) is 3.37. The van der Waals surface area contributed by atoms with E-state index >= 15 is 0 Å². The van der Waals surface area contributed by atoms with Gasteiger partial charge < -0.3 is 14.8 Å². The normalized spacial score (nSPS) is 17.6. The Morgan fingerprint density at radius 2 is 2.20 bits per heavy atom. The lowest BCUT2D eigenvalue weighted by atomic mass is 10.1. The van der Waals surface area contributed by atoms with Gasteiger partial charge in [-0.1, -0.05) is 11.6 Å². The van der Waals surface area contributed by atoms with Crippen LogP contribution in [0.25, 0.3) is 0 Å². The van der Waals surface area contributed by atoms with Gasteiger partial charge in [0.05, 0.1) is 12.7 Å². The highest BCUT2D eigenvalue weighted by Gasteiger charge is 2.33. The van der Waals surface area contributed by atoms with E-state index in [0.29, 0.717) is 27.8 Å². The van der Waals surface area contributed by atoms with Crippen LogP contribution < -0.4 is 10.1 Å². The zero-order chi connectivity index (χ0) is 17.6. The lowest BCUT2D eigenvalue weighted by molar-refractivity contribution is -0.122. The molecule has 7 heteroatoms. The third-order valence-corrected chi connectivity index (χ3v) is 5.98. The Kier molecular flexibility index (Phi) is 4.17. The Hall–Kier alpha value is -2.05. The van der Waals surface area contributed by atoms with Crippen molar-refractivity contribution in [3.63, 3.8) is 0 Å². The molecule has 1 amide bonds. The number of ether oxygens (including phenoxy) is 2. The third kappa shape index (κ3) is 2.89. The standard InChI is InChI=1S/C18H16ClNO4S/c1-23-18(22)15-11-3-2-4-14(11)25-17(15)20-16(21)13-8-9-7-10(19)5-6-12(9)24-13/h5-7,13H,2-4,8H2,1H3,(H,20,21)/t13-/m0/s1. The molecule has 130 valence electrons. The molecular formula is C18H16ClNO4S. The number of esters is 1. The second kappa shape index (κ2) is 6.35. The van der Waals surface area contributed by atoms with Crippen LogP contribution in [-0.2, 0) is 28.8 Å². The van der Waals surface area contributed by atoms with Crippen molar-refractivity contribution in [2.24, 2.45) is 0 Å². The summed E-state index contributed by atoms with van der Waals surface area (Å²) in [4.78, 5) is 26.0. The minimum atomic E-state index is -0.629. The Balaban J connectivity index is 1.55.